The zero-order valence-corrected chi connectivity index (χ0v) is 16.4. The van der Waals surface area contributed by atoms with E-state index in [0.717, 1.165) is 23.6 Å². The fourth-order valence-corrected chi connectivity index (χ4v) is 6.11. The minimum atomic E-state index is 0.683. The molecule has 2 saturated carbocycles. The van der Waals surface area contributed by atoms with Crippen molar-refractivity contribution in [3.05, 3.63) is 54.1 Å². The van der Waals surface area contributed by atoms with Crippen LogP contribution >= 0.6 is 0 Å². The van der Waals surface area contributed by atoms with Crippen molar-refractivity contribution in [2.75, 3.05) is 20.2 Å². The largest absolute Gasteiger partial charge is 0.497 e. The van der Waals surface area contributed by atoms with Gasteiger partial charge in [0.05, 0.1) is 7.11 Å². The molecule has 1 heterocycles. The van der Waals surface area contributed by atoms with Crippen molar-refractivity contribution in [3.8, 4) is 16.9 Å². The van der Waals surface area contributed by atoms with E-state index in [2.05, 4.69) is 47.4 Å². The number of benzene rings is 2. The highest BCUT2D eigenvalue weighted by molar-refractivity contribution is 5.69. The molecule has 3 aliphatic rings. The number of hydrogen-bond donors (Lipinski definition) is 0. The summed E-state index contributed by atoms with van der Waals surface area (Å²) >= 11 is 0. The highest BCUT2D eigenvalue weighted by Gasteiger charge is 2.42. The molecule has 2 nitrogen and oxygen atoms in total. The Bertz CT molecular complexity index is 792. The fraction of sp³-hybridized carbons (Fsp3) is 0.520. The van der Waals surface area contributed by atoms with Crippen LogP contribution in [-0.2, 0) is 0 Å². The van der Waals surface area contributed by atoms with Crippen molar-refractivity contribution in [3.63, 3.8) is 0 Å². The van der Waals surface area contributed by atoms with E-state index in [1.54, 1.807) is 7.11 Å². The first-order valence-electron chi connectivity index (χ1n) is 10.8. The normalized spacial score (nSPS) is 28.6. The van der Waals surface area contributed by atoms with E-state index >= 15 is 0 Å². The highest BCUT2D eigenvalue weighted by atomic mass is 16.5. The van der Waals surface area contributed by atoms with Gasteiger partial charge in [-0.3, -0.25) is 0 Å². The molecule has 2 heteroatoms. The van der Waals surface area contributed by atoms with Gasteiger partial charge in [0.15, 0.2) is 0 Å². The van der Waals surface area contributed by atoms with Crippen LogP contribution in [-0.4, -0.2) is 31.1 Å². The van der Waals surface area contributed by atoms with E-state index in [1.807, 2.05) is 6.07 Å². The Morgan fingerprint density at radius 3 is 2.48 bits per heavy atom. The third-order valence-electron chi connectivity index (χ3n) is 7.48. The first-order valence-corrected chi connectivity index (χ1v) is 10.8. The summed E-state index contributed by atoms with van der Waals surface area (Å²) in [4.78, 5) is 2.84. The highest BCUT2D eigenvalue weighted by Crippen LogP contribution is 2.48. The van der Waals surface area contributed by atoms with Gasteiger partial charge in [-0.25, -0.2) is 0 Å². The summed E-state index contributed by atoms with van der Waals surface area (Å²) in [5, 5.41) is 0. The average molecular weight is 362 g/mol. The predicted octanol–water partition coefficient (Wildman–Crippen LogP) is 5.73. The minimum absolute atomic E-state index is 0.683. The molecule has 2 aromatic carbocycles. The molecule has 5 rings (SSSR count). The molecule has 0 radical (unpaired) electrons. The van der Waals surface area contributed by atoms with Crippen molar-refractivity contribution >= 4 is 0 Å². The third-order valence-corrected chi connectivity index (χ3v) is 7.48. The fourth-order valence-electron chi connectivity index (χ4n) is 6.11. The lowest BCUT2D eigenvalue weighted by Crippen LogP contribution is -2.43. The van der Waals surface area contributed by atoms with E-state index in [4.69, 9.17) is 4.74 Å². The predicted molar refractivity (Wildman–Crippen MR) is 111 cm³/mol. The first-order chi connectivity index (χ1) is 13.3. The number of methoxy groups -OCH3 is 1. The van der Waals surface area contributed by atoms with Crippen LogP contribution in [0.5, 0.6) is 5.75 Å². The van der Waals surface area contributed by atoms with Crippen LogP contribution in [0.2, 0.25) is 0 Å². The van der Waals surface area contributed by atoms with Crippen LogP contribution in [0.3, 0.4) is 0 Å². The monoisotopic (exact) mass is 361 g/mol. The maximum absolute atomic E-state index is 5.45. The van der Waals surface area contributed by atoms with Gasteiger partial charge >= 0.3 is 0 Å². The number of nitrogens with zero attached hydrogens (tertiary/aromatic N) is 1. The second-order valence-corrected chi connectivity index (χ2v) is 8.87. The summed E-state index contributed by atoms with van der Waals surface area (Å²) in [7, 11) is 1.75. The number of piperidine rings is 1. The molecule has 1 saturated heterocycles. The van der Waals surface area contributed by atoms with E-state index in [0.29, 0.717) is 5.92 Å². The summed E-state index contributed by atoms with van der Waals surface area (Å²) in [6.45, 7) is 2.57. The number of hydrogen-bond acceptors (Lipinski definition) is 2. The van der Waals surface area contributed by atoms with Gasteiger partial charge < -0.3 is 9.64 Å². The number of ether oxygens (including phenoxy) is 1. The molecule has 2 bridgehead atoms. The van der Waals surface area contributed by atoms with Gasteiger partial charge in [0.2, 0.25) is 0 Å². The van der Waals surface area contributed by atoms with Gasteiger partial charge in [-0.2, -0.15) is 0 Å². The van der Waals surface area contributed by atoms with Gasteiger partial charge in [-0.15, -0.1) is 0 Å². The van der Waals surface area contributed by atoms with E-state index in [9.17, 15) is 0 Å². The van der Waals surface area contributed by atoms with Gasteiger partial charge in [0, 0.05) is 6.04 Å². The van der Waals surface area contributed by atoms with Crippen LogP contribution in [0.4, 0.5) is 0 Å². The van der Waals surface area contributed by atoms with Crippen LogP contribution in [0.25, 0.3) is 11.1 Å². The van der Waals surface area contributed by atoms with Crippen molar-refractivity contribution in [2.45, 2.75) is 50.5 Å². The molecule has 3 atom stereocenters. The van der Waals surface area contributed by atoms with Gasteiger partial charge in [-0.05, 0) is 91.8 Å². The Hall–Kier alpha value is -1.80. The van der Waals surface area contributed by atoms with E-state index in [-0.39, 0.29) is 0 Å². The first kappa shape index (κ1) is 17.3. The molecule has 0 spiro atoms. The molecular weight excluding hydrogens is 330 g/mol. The Kier molecular flexibility index (Phi) is 4.69. The van der Waals surface area contributed by atoms with Crippen LogP contribution < -0.4 is 4.74 Å². The second kappa shape index (κ2) is 7.31. The molecule has 0 N–H and O–H groups in total. The average Bonchev–Trinajstić information content (AvgIpc) is 3.38. The third kappa shape index (κ3) is 3.29. The molecule has 1 aliphatic heterocycles. The van der Waals surface area contributed by atoms with Crippen molar-refractivity contribution in [2.24, 2.45) is 11.8 Å². The van der Waals surface area contributed by atoms with E-state index < -0.39 is 0 Å². The zero-order chi connectivity index (χ0) is 18.2. The lowest BCUT2D eigenvalue weighted by atomic mass is 9.83. The van der Waals surface area contributed by atoms with Crippen molar-refractivity contribution in [1.29, 1.82) is 0 Å². The molecule has 0 aromatic heterocycles. The maximum atomic E-state index is 5.45. The van der Waals surface area contributed by atoms with Gasteiger partial charge in [0.25, 0.3) is 0 Å². The van der Waals surface area contributed by atoms with E-state index in [1.165, 1.54) is 68.3 Å². The Morgan fingerprint density at radius 2 is 1.74 bits per heavy atom. The van der Waals surface area contributed by atoms with Crippen LogP contribution in [0, 0.1) is 11.8 Å². The second-order valence-electron chi connectivity index (χ2n) is 8.87. The summed E-state index contributed by atoms with van der Waals surface area (Å²) in [6.07, 6.45) is 8.60. The number of rotatable bonds is 4. The van der Waals surface area contributed by atoms with Gasteiger partial charge in [-0.1, -0.05) is 42.8 Å². The SMILES string of the molecule is COc1cccc(-c2ccccc2C2CCN([C@H]3C[C@H]4CCC3C4)CC2)c1. The lowest BCUT2D eigenvalue weighted by Gasteiger charge is -2.40. The lowest BCUT2D eigenvalue weighted by molar-refractivity contribution is 0.111. The summed E-state index contributed by atoms with van der Waals surface area (Å²) in [5.74, 6) is 3.68. The molecule has 1 unspecified atom stereocenters. The Labute approximate surface area is 163 Å². The minimum Gasteiger partial charge on any atom is -0.497 e. The van der Waals surface area contributed by atoms with Crippen molar-refractivity contribution < 1.29 is 4.74 Å². The van der Waals surface area contributed by atoms with Crippen LogP contribution in [0.15, 0.2) is 48.5 Å². The smallest absolute Gasteiger partial charge is 0.119 e. The number of fused-ring (bicyclic) bond motifs is 2. The molecule has 142 valence electrons. The molecule has 2 aromatic rings. The van der Waals surface area contributed by atoms with Gasteiger partial charge in [0.1, 0.15) is 5.75 Å². The number of likely N-dealkylation sites (tertiary alicyclic amines) is 1. The maximum Gasteiger partial charge on any atom is 0.119 e. The molecule has 3 fully saturated rings. The molecular formula is C25H31NO. The zero-order valence-electron chi connectivity index (χ0n) is 16.4. The Morgan fingerprint density at radius 1 is 0.889 bits per heavy atom. The quantitative estimate of drug-likeness (QED) is 0.689. The Balaban J connectivity index is 1.33. The molecule has 0 amide bonds. The standard InChI is InChI=1S/C25H31NO/c1-27-22-6-4-5-20(17-22)24-8-3-2-7-23(24)19-11-13-26(14-12-19)25-16-18-9-10-21(25)15-18/h2-8,17-19,21,25H,9-16H2,1H3/t18-,21?,25-/m0/s1. The summed E-state index contributed by atoms with van der Waals surface area (Å²) in [5.41, 5.74) is 4.19. The summed E-state index contributed by atoms with van der Waals surface area (Å²) < 4.78 is 5.45. The summed E-state index contributed by atoms with van der Waals surface area (Å²) in [6, 6.07) is 18.4. The van der Waals surface area contributed by atoms with Crippen molar-refractivity contribution in [1.82, 2.24) is 4.90 Å². The molecule has 27 heavy (non-hydrogen) atoms. The van der Waals surface area contributed by atoms with Crippen LogP contribution in [0.1, 0.15) is 50.0 Å². The topological polar surface area (TPSA) is 12.5 Å². The molecule has 2 aliphatic carbocycles.